The van der Waals surface area contributed by atoms with Gasteiger partial charge >= 0.3 is 18.2 Å². The first-order valence-electron chi connectivity index (χ1n) is 6.67. The van der Waals surface area contributed by atoms with E-state index in [1.165, 1.54) is 0 Å². The lowest BCUT2D eigenvalue weighted by Crippen LogP contribution is -2.38. The molecule has 0 aliphatic rings. The zero-order chi connectivity index (χ0) is 16.7. The van der Waals surface area contributed by atoms with E-state index >= 15 is 0 Å². The summed E-state index contributed by atoms with van der Waals surface area (Å²) in [5.74, 6) is -1.08. The Bertz CT molecular complexity index is 350. The van der Waals surface area contributed by atoms with Gasteiger partial charge in [-0.05, 0) is 33.6 Å². The molecule has 0 aliphatic carbocycles. The summed E-state index contributed by atoms with van der Waals surface area (Å²) in [5, 5.41) is 8.63. The number of carbonyl (C=O) groups excluding carboxylic acids is 1. The molecule has 1 amide bonds. The summed E-state index contributed by atoms with van der Waals surface area (Å²) in [4.78, 5) is 23.5. The van der Waals surface area contributed by atoms with Crippen molar-refractivity contribution in [2.75, 3.05) is 13.1 Å². The molecule has 0 aromatic heterocycles. The molecule has 0 fully saturated rings. The van der Waals surface area contributed by atoms with Crippen LogP contribution >= 0.6 is 0 Å². The van der Waals surface area contributed by atoms with Crippen LogP contribution in [0, 0.1) is 0 Å². The van der Waals surface area contributed by atoms with E-state index in [0.717, 1.165) is 4.90 Å². The number of hydrogen-bond donors (Lipinski definition) is 1. The predicted octanol–water partition coefficient (Wildman–Crippen LogP) is 3.43. The van der Waals surface area contributed by atoms with E-state index in [9.17, 15) is 22.8 Å². The van der Waals surface area contributed by atoms with Gasteiger partial charge in [-0.1, -0.05) is 0 Å². The summed E-state index contributed by atoms with van der Waals surface area (Å²) in [6.07, 6.45) is -6.12. The van der Waals surface area contributed by atoms with Gasteiger partial charge in [0.05, 0.1) is 6.42 Å². The smallest absolute Gasteiger partial charge is 0.410 e. The van der Waals surface area contributed by atoms with Crippen molar-refractivity contribution in [2.45, 2.75) is 58.2 Å². The molecule has 0 aromatic carbocycles. The van der Waals surface area contributed by atoms with Gasteiger partial charge in [0.2, 0.25) is 0 Å². The Morgan fingerprint density at radius 1 is 1.10 bits per heavy atom. The maximum Gasteiger partial charge on any atom is 0.410 e. The summed E-state index contributed by atoms with van der Waals surface area (Å²) in [6.45, 7) is 4.92. The first-order chi connectivity index (χ1) is 9.41. The Balaban J connectivity index is 4.38. The molecule has 21 heavy (non-hydrogen) atoms. The molecule has 0 rings (SSSR count). The maximum absolute atomic E-state index is 12.0. The highest BCUT2D eigenvalue weighted by Gasteiger charge is 2.27. The minimum atomic E-state index is -4.22. The normalized spacial score (nSPS) is 12.1. The van der Waals surface area contributed by atoms with E-state index in [1.54, 1.807) is 20.8 Å². The number of carboxylic acids is 1. The average molecular weight is 313 g/mol. The SMILES string of the molecule is CC(C)(C)OC(=O)N(CCCCC(F)(F)F)CCC(=O)O. The van der Waals surface area contributed by atoms with Crippen LogP contribution in [0.2, 0.25) is 0 Å². The number of carboxylic acid groups (broad SMARTS) is 1. The Morgan fingerprint density at radius 3 is 2.10 bits per heavy atom. The minimum absolute atomic E-state index is 0.0400. The number of alkyl halides is 3. The van der Waals surface area contributed by atoms with Gasteiger partial charge in [0, 0.05) is 19.5 Å². The summed E-state index contributed by atoms with van der Waals surface area (Å²) in [5.41, 5.74) is -0.746. The van der Waals surface area contributed by atoms with Gasteiger partial charge in [0.1, 0.15) is 5.60 Å². The second-order valence-corrected chi connectivity index (χ2v) is 5.68. The molecule has 0 unspecified atom stereocenters. The van der Waals surface area contributed by atoms with Crippen LogP contribution in [0.4, 0.5) is 18.0 Å². The van der Waals surface area contributed by atoms with Crippen molar-refractivity contribution in [3.8, 4) is 0 Å². The first-order valence-corrected chi connectivity index (χ1v) is 6.67. The van der Waals surface area contributed by atoms with Gasteiger partial charge in [-0.15, -0.1) is 0 Å². The van der Waals surface area contributed by atoms with Gasteiger partial charge in [-0.3, -0.25) is 4.79 Å². The monoisotopic (exact) mass is 313 g/mol. The largest absolute Gasteiger partial charge is 0.481 e. The van der Waals surface area contributed by atoms with Gasteiger partial charge in [0.25, 0.3) is 0 Å². The van der Waals surface area contributed by atoms with E-state index in [0.29, 0.717) is 0 Å². The number of amides is 1. The number of nitrogens with zero attached hydrogens (tertiary/aromatic N) is 1. The Morgan fingerprint density at radius 2 is 1.67 bits per heavy atom. The molecule has 0 aliphatic heterocycles. The van der Waals surface area contributed by atoms with Gasteiger partial charge in [-0.25, -0.2) is 4.79 Å². The van der Waals surface area contributed by atoms with Crippen molar-refractivity contribution >= 4 is 12.1 Å². The lowest BCUT2D eigenvalue weighted by atomic mass is 10.2. The van der Waals surface area contributed by atoms with Gasteiger partial charge in [-0.2, -0.15) is 13.2 Å². The van der Waals surface area contributed by atoms with Crippen LogP contribution in [0.3, 0.4) is 0 Å². The van der Waals surface area contributed by atoms with Crippen LogP contribution in [0.1, 0.15) is 46.5 Å². The molecule has 0 radical (unpaired) electrons. The van der Waals surface area contributed by atoms with Gasteiger partial charge in [0.15, 0.2) is 0 Å². The second kappa shape index (κ2) is 8.09. The topological polar surface area (TPSA) is 66.8 Å². The highest BCUT2D eigenvalue weighted by molar-refractivity contribution is 5.70. The molecule has 0 saturated carbocycles. The molecule has 0 saturated heterocycles. The van der Waals surface area contributed by atoms with E-state index in [2.05, 4.69) is 0 Å². The van der Waals surface area contributed by atoms with Crippen molar-refractivity contribution in [3.63, 3.8) is 0 Å². The summed E-state index contributed by atoms with van der Waals surface area (Å²) in [6, 6.07) is 0. The summed E-state index contributed by atoms with van der Waals surface area (Å²) < 4.78 is 41.2. The van der Waals surface area contributed by atoms with Gasteiger partial charge < -0.3 is 14.7 Å². The summed E-state index contributed by atoms with van der Waals surface area (Å²) in [7, 11) is 0. The minimum Gasteiger partial charge on any atom is -0.481 e. The van der Waals surface area contributed by atoms with Crippen LogP contribution in [0.5, 0.6) is 0 Å². The van der Waals surface area contributed by atoms with Crippen molar-refractivity contribution in [1.82, 2.24) is 4.90 Å². The van der Waals surface area contributed by atoms with Crippen LogP contribution in [-0.2, 0) is 9.53 Å². The van der Waals surface area contributed by atoms with Crippen molar-refractivity contribution in [2.24, 2.45) is 0 Å². The molecule has 0 atom stereocenters. The van der Waals surface area contributed by atoms with E-state index in [4.69, 9.17) is 9.84 Å². The lowest BCUT2D eigenvalue weighted by Gasteiger charge is -2.27. The molecule has 1 N–H and O–H groups in total. The number of rotatable bonds is 7. The maximum atomic E-state index is 12.0. The van der Waals surface area contributed by atoms with Crippen LogP contribution < -0.4 is 0 Å². The van der Waals surface area contributed by atoms with E-state index in [-0.39, 0.29) is 32.4 Å². The Labute approximate surface area is 122 Å². The number of halogens is 3. The standard InChI is InChI=1S/C13H22F3NO4/c1-12(2,3)21-11(20)17(9-6-10(18)19)8-5-4-7-13(14,15)16/h4-9H2,1-3H3,(H,18,19). The van der Waals surface area contributed by atoms with E-state index < -0.39 is 30.3 Å². The van der Waals surface area contributed by atoms with Crippen molar-refractivity contribution in [3.05, 3.63) is 0 Å². The average Bonchev–Trinajstić information content (AvgIpc) is 2.23. The third kappa shape index (κ3) is 12.0. The fraction of sp³-hybridized carbons (Fsp3) is 0.846. The zero-order valence-electron chi connectivity index (χ0n) is 12.5. The number of hydrogen-bond acceptors (Lipinski definition) is 3. The number of ether oxygens (including phenoxy) is 1. The molecule has 0 bridgehead atoms. The second-order valence-electron chi connectivity index (χ2n) is 5.68. The number of unbranched alkanes of at least 4 members (excludes halogenated alkanes) is 1. The van der Waals surface area contributed by atoms with Crippen LogP contribution in [-0.4, -0.2) is 46.9 Å². The molecule has 8 heteroatoms. The molecule has 0 heterocycles. The third-order valence-corrected chi connectivity index (χ3v) is 2.39. The summed E-state index contributed by atoms with van der Waals surface area (Å²) >= 11 is 0. The number of aliphatic carboxylic acids is 1. The molecular weight excluding hydrogens is 291 g/mol. The van der Waals surface area contributed by atoms with Crippen molar-refractivity contribution < 1.29 is 32.6 Å². The third-order valence-electron chi connectivity index (χ3n) is 2.39. The molecule has 124 valence electrons. The highest BCUT2D eigenvalue weighted by atomic mass is 19.4. The van der Waals surface area contributed by atoms with Crippen molar-refractivity contribution in [1.29, 1.82) is 0 Å². The lowest BCUT2D eigenvalue weighted by molar-refractivity contribution is -0.137. The number of carbonyl (C=O) groups is 2. The quantitative estimate of drug-likeness (QED) is 0.731. The molecular formula is C13H22F3NO4. The van der Waals surface area contributed by atoms with Crippen LogP contribution in [0.25, 0.3) is 0 Å². The predicted molar refractivity (Wildman–Crippen MR) is 70.0 cm³/mol. The Kier molecular flexibility index (Phi) is 7.52. The van der Waals surface area contributed by atoms with Crippen LogP contribution in [0.15, 0.2) is 0 Å². The molecule has 0 spiro atoms. The fourth-order valence-corrected chi connectivity index (χ4v) is 1.48. The Hall–Kier alpha value is -1.47. The van der Waals surface area contributed by atoms with E-state index in [1.807, 2.05) is 0 Å². The zero-order valence-corrected chi connectivity index (χ0v) is 12.5. The first kappa shape index (κ1) is 19.5. The highest BCUT2D eigenvalue weighted by Crippen LogP contribution is 2.22. The molecule has 5 nitrogen and oxygen atoms in total. The molecule has 0 aromatic rings. The fourth-order valence-electron chi connectivity index (χ4n) is 1.48.